The summed E-state index contributed by atoms with van der Waals surface area (Å²) < 4.78 is 8.77. The van der Waals surface area contributed by atoms with Crippen LogP contribution in [0.25, 0.3) is 0 Å². The molecule has 1 N–H and O–H groups in total. The fourth-order valence-corrected chi connectivity index (χ4v) is 3.21. The zero-order valence-electron chi connectivity index (χ0n) is 11.7. The maximum absolute atomic E-state index is 5.75. The van der Waals surface area contributed by atoms with Crippen LogP contribution in [0, 0.1) is 0 Å². The molecule has 1 unspecified atom stereocenters. The minimum Gasteiger partial charge on any atom is -0.493 e. The zero-order valence-corrected chi connectivity index (χ0v) is 13.3. The van der Waals surface area contributed by atoms with Crippen molar-refractivity contribution in [3.05, 3.63) is 45.7 Å². The molecule has 20 heavy (non-hydrogen) atoms. The van der Waals surface area contributed by atoms with E-state index in [1.165, 1.54) is 16.8 Å². The quantitative estimate of drug-likeness (QED) is 0.933. The third-order valence-corrected chi connectivity index (χ3v) is 4.18. The van der Waals surface area contributed by atoms with E-state index in [1.54, 1.807) is 0 Å². The van der Waals surface area contributed by atoms with Crippen LogP contribution in [0.5, 0.6) is 5.75 Å². The van der Waals surface area contributed by atoms with Gasteiger partial charge in [-0.15, -0.1) is 0 Å². The lowest BCUT2D eigenvalue weighted by atomic mass is 10.1. The number of hydrogen-bond donors (Lipinski definition) is 1. The van der Waals surface area contributed by atoms with Crippen molar-refractivity contribution in [1.82, 2.24) is 15.1 Å². The molecule has 5 heteroatoms. The predicted molar refractivity (Wildman–Crippen MR) is 81.8 cm³/mol. The molecule has 0 saturated heterocycles. The summed E-state index contributed by atoms with van der Waals surface area (Å²) in [6, 6.07) is 6.57. The summed E-state index contributed by atoms with van der Waals surface area (Å²) in [5.41, 5.74) is 3.68. The van der Waals surface area contributed by atoms with Crippen LogP contribution in [0.4, 0.5) is 0 Å². The Morgan fingerprint density at radius 3 is 3.10 bits per heavy atom. The Hall–Kier alpha value is -1.33. The van der Waals surface area contributed by atoms with Gasteiger partial charge < -0.3 is 10.1 Å². The Balaban J connectivity index is 1.75. The second-order valence-electron chi connectivity index (χ2n) is 5.13. The van der Waals surface area contributed by atoms with Gasteiger partial charge >= 0.3 is 0 Å². The van der Waals surface area contributed by atoms with Gasteiger partial charge in [0.1, 0.15) is 5.75 Å². The summed E-state index contributed by atoms with van der Waals surface area (Å²) in [4.78, 5) is 0. The van der Waals surface area contributed by atoms with Crippen LogP contribution in [0.2, 0.25) is 0 Å². The number of nitrogens with one attached hydrogen (secondary N) is 1. The van der Waals surface area contributed by atoms with Crippen LogP contribution >= 0.6 is 15.9 Å². The second-order valence-corrected chi connectivity index (χ2v) is 6.05. The maximum Gasteiger partial charge on any atom is 0.127 e. The number of hydrogen-bond acceptors (Lipinski definition) is 3. The lowest BCUT2D eigenvalue weighted by Gasteiger charge is -2.16. The topological polar surface area (TPSA) is 39.1 Å². The Morgan fingerprint density at radius 1 is 1.50 bits per heavy atom. The Kier molecular flexibility index (Phi) is 3.81. The lowest BCUT2D eigenvalue weighted by molar-refractivity contribution is 0.351. The van der Waals surface area contributed by atoms with Crippen LogP contribution in [-0.4, -0.2) is 16.4 Å². The van der Waals surface area contributed by atoms with Crippen LogP contribution in [-0.2, 0) is 20.0 Å². The van der Waals surface area contributed by atoms with E-state index in [1.807, 2.05) is 24.0 Å². The van der Waals surface area contributed by atoms with Crippen LogP contribution in [0.15, 0.2) is 28.9 Å². The molecule has 0 amide bonds. The summed E-state index contributed by atoms with van der Waals surface area (Å²) in [7, 11) is 1.97. The van der Waals surface area contributed by atoms with Gasteiger partial charge in [0.2, 0.25) is 0 Å². The third kappa shape index (κ3) is 2.60. The average molecular weight is 336 g/mol. The molecular formula is C15H18BrN3O. The first-order valence-corrected chi connectivity index (χ1v) is 7.60. The highest BCUT2D eigenvalue weighted by Gasteiger charge is 2.18. The van der Waals surface area contributed by atoms with Crippen molar-refractivity contribution in [2.24, 2.45) is 7.05 Å². The third-order valence-electron chi connectivity index (χ3n) is 3.73. The largest absolute Gasteiger partial charge is 0.493 e. The molecule has 4 nitrogen and oxygen atoms in total. The fourth-order valence-electron chi connectivity index (χ4n) is 2.65. The molecule has 0 aliphatic carbocycles. The van der Waals surface area contributed by atoms with Crippen molar-refractivity contribution in [2.75, 3.05) is 6.61 Å². The first-order chi connectivity index (χ1) is 9.65. The Labute approximate surface area is 127 Å². The molecule has 1 aromatic carbocycles. The van der Waals surface area contributed by atoms with Gasteiger partial charge in [0.15, 0.2) is 0 Å². The number of ether oxygens (including phenoxy) is 1. The minimum atomic E-state index is 0.249. The van der Waals surface area contributed by atoms with Crippen molar-refractivity contribution >= 4 is 15.9 Å². The molecule has 2 aromatic rings. The van der Waals surface area contributed by atoms with Crippen molar-refractivity contribution in [3.63, 3.8) is 0 Å². The Bertz CT molecular complexity index is 624. The van der Waals surface area contributed by atoms with E-state index >= 15 is 0 Å². The minimum absolute atomic E-state index is 0.249. The van der Waals surface area contributed by atoms with Crippen LogP contribution < -0.4 is 10.1 Å². The van der Waals surface area contributed by atoms with Crippen molar-refractivity contribution in [2.45, 2.75) is 25.9 Å². The highest BCUT2D eigenvalue weighted by molar-refractivity contribution is 9.10. The number of benzene rings is 1. The summed E-state index contributed by atoms with van der Waals surface area (Å²) in [6.45, 7) is 3.72. The first kappa shape index (κ1) is 13.6. The molecule has 1 atom stereocenters. The smallest absolute Gasteiger partial charge is 0.127 e. The average Bonchev–Trinajstić information content (AvgIpc) is 3.03. The number of aryl methyl sites for hydroxylation is 1. The number of rotatable bonds is 4. The van der Waals surface area contributed by atoms with E-state index in [0.29, 0.717) is 0 Å². The van der Waals surface area contributed by atoms with Gasteiger partial charge in [-0.05, 0) is 30.7 Å². The van der Waals surface area contributed by atoms with E-state index < -0.39 is 0 Å². The fraction of sp³-hybridized carbons (Fsp3) is 0.400. The van der Waals surface area contributed by atoms with E-state index in [0.717, 1.165) is 29.8 Å². The SMILES string of the molecule is CC(NCc1cc(Br)cc2c1OCC2)c1ccnn1C. The predicted octanol–water partition coefficient (Wildman–Crippen LogP) is 2.97. The van der Waals surface area contributed by atoms with Gasteiger partial charge in [-0.2, -0.15) is 5.10 Å². The van der Waals surface area contributed by atoms with Gasteiger partial charge in [0.25, 0.3) is 0 Å². The monoisotopic (exact) mass is 335 g/mol. The van der Waals surface area contributed by atoms with Gasteiger partial charge in [-0.25, -0.2) is 0 Å². The highest BCUT2D eigenvalue weighted by atomic mass is 79.9. The summed E-state index contributed by atoms with van der Waals surface area (Å²) in [5, 5.41) is 7.75. The van der Waals surface area contributed by atoms with E-state index in [4.69, 9.17) is 4.74 Å². The molecule has 0 saturated carbocycles. The molecule has 2 heterocycles. The molecule has 0 fully saturated rings. The first-order valence-electron chi connectivity index (χ1n) is 6.80. The molecule has 1 aliphatic rings. The number of nitrogens with zero attached hydrogens (tertiary/aromatic N) is 2. The molecular weight excluding hydrogens is 318 g/mol. The second kappa shape index (κ2) is 5.58. The summed E-state index contributed by atoms with van der Waals surface area (Å²) in [5.74, 6) is 1.05. The van der Waals surface area contributed by atoms with Crippen LogP contribution in [0.1, 0.15) is 29.8 Å². The van der Waals surface area contributed by atoms with E-state index in [9.17, 15) is 0 Å². The van der Waals surface area contributed by atoms with Crippen molar-refractivity contribution in [1.29, 1.82) is 0 Å². The van der Waals surface area contributed by atoms with Gasteiger partial charge in [0, 0.05) is 42.3 Å². The van der Waals surface area contributed by atoms with Crippen LogP contribution in [0.3, 0.4) is 0 Å². The molecule has 0 spiro atoms. The van der Waals surface area contributed by atoms with Crippen molar-refractivity contribution < 1.29 is 4.74 Å². The van der Waals surface area contributed by atoms with Gasteiger partial charge in [-0.1, -0.05) is 15.9 Å². The molecule has 1 aliphatic heterocycles. The molecule has 1 aromatic heterocycles. The van der Waals surface area contributed by atoms with Gasteiger partial charge in [-0.3, -0.25) is 4.68 Å². The number of aromatic nitrogens is 2. The van der Waals surface area contributed by atoms with E-state index in [-0.39, 0.29) is 6.04 Å². The molecule has 0 radical (unpaired) electrons. The molecule has 106 valence electrons. The maximum atomic E-state index is 5.75. The Morgan fingerprint density at radius 2 is 2.35 bits per heavy atom. The molecule has 0 bridgehead atoms. The van der Waals surface area contributed by atoms with E-state index in [2.05, 4.69) is 45.4 Å². The highest BCUT2D eigenvalue weighted by Crippen LogP contribution is 2.33. The lowest BCUT2D eigenvalue weighted by Crippen LogP contribution is -2.20. The summed E-state index contributed by atoms with van der Waals surface area (Å²) in [6.07, 6.45) is 2.83. The van der Waals surface area contributed by atoms with Crippen molar-refractivity contribution in [3.8, 4) is 5.75 Å². The van der Waals surface area contributed by atoms with Gasteiger partial charge in [0.05, 0.1) is 12.3 Å². The number of halogens is 1. The normalized spacial score (nSPS) is 14.9. The zero-order chi connectivity index (χ0) is 14.1. The number of fused-ring (bicyclic) bond motifs is 1. The molecule has 3 rings (SSSR count). The summed E-state index contributed by atoms with van der Waals surface area (Å²) >= 11 is 3.58. The standard InChI is InChI=1S/C15H18BrN3O/c1-10(14-3-5-18-19(14)2)17-9-12-8-13(16)7-11-4-6-20-15(11)12/h3,5,7-8,10,17H,4,6,9H2,1-2H3.